The molecule has 6 heteroatoms. The summed E-state index contributed by atoms with van der Waals surface area (Å²) in [5.41, 5.74) is -0.332. The Balaban J connectivity index is 2.18. The molecule has 0 saturated heterocycles. The van der Waals surface area contributed by atoms with Crippen molar-refractivity contribution in [2.24, 2.45) is 5.92 Å². The molecule has 0 heterocycles. The standard InChI is InChI=1S/C14H18N2O4/c1-15(9-10-4-2-3-5-10)14(18)12-8-11(17)6-7-13(12)16(19)20/h6-8,10,17H,2-5,9H2,1H3. The normalized spacial score (nSPS) is 15.2. The van der Waals surface area contributed by atoms with Crippen LogP contribution in [-0.2, 0) is 0 Å². The van der Waals surface area contributed by atoms with Crippen LogP contribution >= 0.6 is 0 Å². The van der Waals surface area contributed by atoms with E-state index in [0.717, 1.165) is 25.0 Å². The van der Waals surface area contributed by atoms with Crippen LogP contribution in [0.25, 0.3) is 0 Å². The van der Waals surface area contributed by atoms with Crippen molar-refractivity contribution in [1.82, 2.24) is 4.90 Å². The minimum absolute atomic E-state index is 0.0597. The first kappa shape index (κ1) is 14.3. The average molecular weight is 278 g/mol. The molecule has 1 fully saturated rings. The van der Waals surface area contributed by atoms with Gasteiger partial charge in [0.1, 0.15) is 11.3 Å². The van der Waals surface area contributed by atoms with Gasteiger partial charge in [0.15, 0.2) is 0 Å². The predicted molar refractivity (Wildman–Crippen MR) is 73.7 cm³/mol. The molecule has 0 bridgehead atoms. The van der Waals surface area contributed by atoms with E-state index in [4.69, 9.17) is 0 Å². The van der Waals surface area contributed by atoms with Gasteiger partial charge < -0.3 is 10.0 Å². The number of phenols is 1. The second kappa shape index (κ2) is 5.90. The average Bonchev–Trinajstić information content (AvgIpc) is 2.90. The summed E-state index contributed by atoms with van der Waals surface area (Å²) < 4.78 is 0. The van der Waals surface area contributed by atoms with Crippen LogP contribution in [0.5, 0.6) is 5.75 Å². The summed E-state index contributed by atoms with van der Waals surface area (Å²) in [5.74, 6) is -0.0898. The summed E-state index contributed by atoms with van der Waals surface area (Å²) in [7, 11) is 1.65. The van der Waals surface area contributed by atoms with Crippen molar-refractivity contribution in [2.75, 3.05) is 13.6 Å². The Labute approximate surface area is 117 Å². The highest BCUT2D eigenvalue weighted by atomic mass is 16.6. The first-order valence-electron chi connectivity index (χ1n) is 6.72. The van der Waals surface area contributed by atoms with E-state index < -0.39 is 10.8 Å². The fourth-order valence-electron chi connectivity index (χ4n) is 2.72. The molecule has 6 nitrogen and oxygen atoms in total. The van der Waals surface area contributed by atoms with Gasteiger partial charge in [0.25, 0.3) is 11.6 Å². The van der Waals surface area contributed by atoms with Gasteiger partial charge in [-0.15, -0.1) is 0 Å². The summed E-state index contributed by atoms with van der Waals surface area (Å²) in [6, 6.07) is 3.53. The number of aromatic hydroxyl groups is 1. The van der Waals surface area contributed by atoms with Crippen LogP contribution in [0.1, 0.15) is 36.0 Å². The third-order valence-corrected chi connectivity index (χ3v) is 3.76. The Kier molecular flexibility index (Phi) is 4.22. The minimum atomic E-state index is -0.601. The number of amides is 1. The molecular weight excluding hydrogens is 260 g/mol. The number of benzene rings is 1. The molecule has 0 radical (unpaired) electrons. The highest BCUT2D eigenvalue weighted by Gasteiger charge is 2.25. The first-order valence-corrected chi connectivity index (χ1v) is 6.72. The highest BCUT2D eigenvalue weighted by Crippen LogP contribution is 2.28. The molecule has 1 saturated carbocycles. The Hall–Kier alpha value is -2.11. The van der Waals surface area contributed by atoms with E-state index in [1.54, 1.807) is 7.05 Å². The van der Waals surface area contributed by atoms with Crippen LogP contribution in [0, 0.1) is 16.0 Å². The van der Waals surface area contributed by atoms with Crippen molar-refractivity contribution in [2.45, 2.75) is 25.7 Å². The maximum atomic E-state index is 12.3. The van der Waals surface area contributed by atoms with Crippen molar-refractivity contribution < 1.29 is 14.8 Å². The van der Waals surface area contributed by atoms with E-state index >= 15 is 0 Å². The smallest absolute Gasteiger partial charge is 0.282 e. The van der Waals surface area contributed by atoms with Crippen LogP contribution < -0.4 is 0 Å². The largest absolute Gasteiger partial charge is 0.508 e. The van der Waals surface area contributed by atoms with Crippen molar-refractivity contribution in [1.29, 1.82) is 0 Å². The Morgan fingerprint density at radius 3 is 2.70 bits per heavy atom. The summed E-state index contributed by atoms with van der Waals surface area (Å²) in [4.78, 5) is 24.2. The van der Waals surface area contributed by atoms with Crippen molar-refractivity contribution in [3.63, 3.8) is 0 Å². The fourth-order valence-corrected chi connectivity index (χ4v) is 2.72. The van der Waals surface area contributed by atoms with Gasteiger partial charge >= 0.3 is 0 Å². The highest BCUT2D eigenvalue weighted by molar-refractivity contribution is 5.98. The van der Waals surface area contributed by atoms with Gasteiger partial charge in [-0.3, -0.25) is 14.9 Å². The second-order valence-electron chi connectivity index (χ2n) is 5.29. The molecule has 2 rings (SSSR count). The minimum Gasteiger partial charge on any atom is -0.508 e. The van der Waals surface area contributed by atoms with E-state index in [9.17, 15) is 20.0 Å². The maximum Gasteiger partial charge on any atom is 0.282 e. The van der Waals surface area contributed by atoms with E-state index in [0.29, 0.717) is 12.5 Å². The monoisotopic (exact) mass is 278 g/mol. The molecule has 1 aliphatic rings. The third kappa shape index (κ3) is 3.07. The van der Waals surface area contributed by atoms with Crippen LogP contribution in [-0.4, -0.2) is 34.4 Å². The number of nitro benzene ring substituents is 1. The van der Waals surface area contributed by atoms with Crippen molar-refractivity contribution in [3.8, 4) is 5.75 Å². The van der Waals surface area contributed by atoms with Crippen LogP contribution in [0.2, 0.25) is 0 Å². The van der Waals surface area contributed by atoms with Crippen LogP contribution in [0.15, 0.2) is 18.2 Å². The van der Waals surface area contributed by atoms with Gasteiger partial charge in [-0.25, -0.2) is 0 Å². The number of rotatable bonds is 4. The van der Waals surface area contributed by atoms with Gasteiger partial charge in [-0.05, 0) is 30.9 Å². The molecule has 108 valence electrons. The van der Waals surface area contributed by atoms with Gasteiger partial charge in [0.2, 0.25) is 0 Å². The second-order valence-corrected chi connectivity index (χ2v) is 5.29. The molecule has 1 N–H and O–H groups in total. The molecule has 0 unspecified atom stereocenters. The number of nitro groups is 1. The molecule has 1 amide bonds. The Bertz CT molecular complexity index is 524. The number of phenolic OH excluding ortho intramolecular Hbond substituents is 1. The van der Waals surface area contributed by atoms with Gasteiger partial charge in [-0.2, -0.15) is 0 Å². The number of hydrogen-bond acceptors (Lipinski definition) is 4. The van der Waals surface area contributed by atoms with Crippen LogP contribution in [0.3, 0.4) is 0 Å². The predicted octanol–water partition coefficient (Wildman–Crippen LogP) is 2.56. The number of hydrogen-bond donors (Lipinski definition) is 1. The molecule has 1 aromatic carbocycles. The lowest BCUT2D eigenvalue weighted by Gasteiger charge is -2.21. The first-order chi connectivity index (χ1) is 9.49. The molecule has 0 atom stereocenters. The Morgan fingerprint density at radius 2 is 2.10 bits per heavy atom. The number of carbonyl (C=O) groups excluding carboxylic acids is 1. The molecule has 1 aliphatic carbocycles. The van der Waals surface area contributed by atoms with Crippen molar-refractivity contribution >= 4 is 11.6 Å². The molecule has 0 aliphatic heterocycles. The van der Waals surface area contributed by atoms with Gasteiger partial charge in [0, 0.05) is 19.7 Å². The van der Waals surface area contributed by atoms with Crippen LogP contribution in [0.4, 0.5) is 5.69 Å². The topological polar surface area (TPSA) is 83.7 Å². The third-order valence-electron chi connectivity index (χ3n) is 3.76. The lowest BCUT2D eigenvalue weighted by molar-refractivity contribution is -0.385. The molecule has 1 aromatic rings. The Morgan fingerprint density at radius 1 is 1.45 bits per heavy atom. The van der Waals surface area contributed by atoms with Gasteiger partial charge in [-0.1, -0.05) is 12.8 Å². The fraction of sp³-hybridized carbons (Fsp3) is 0.500. The maximum absolute atomic E-state index is 12.3. The molecular formula is C14H18N2O4. The SMILES string of the molecule is CN(CC1CCCC1)C(=O)c1cc(O)ccc1[N+](=O)[O-]. The zero-order valence-corrected chi connectivity index (χ0v) is 11.4. The van der Waals surface area contributed by atoms with Gasteiger partial charge in [0.05, 0.1) is 4.92 Å². The van der Waals surface area contributed by atoms with E-state index in [-0.39, 0.29) is 17.0 Å². The lowest BCUT2D eigenvalue weighted by atomic mass is 10.1. The zero-order chi connectivity index (χ0) is 14.7. The van der Waals surface area contributed by atoms with E-state index in [2.05, 4.69) is 0 Å². The summed E-state index contributed by atoms with van der Waals surface area (Å²) >= 11 is 0. The summed E-state index contributed by atoms with van der Waals surface area (Å²) in [6.45, 7) is 0.603. The quantitative estimate of drug-likeness (QED) is 0.677. The van der Waals surface area contributed by atoms with Crippen molar-refractivity contribution in [3.05, 3.63) is 33.9 Å². The molecule has 0 spiro atoms. The number of carbonyl (C=O) groups is 1. The zero-order valence-electron chi connectivity index (χ0n) is 11.4. The summed E-state index contributed by atoms with van der Waals surface area (Å²) in [5, 5.41) is 20.4. The van der Waals surface area contributed by atoms with E-state index in [1.165, 1.54) is 23.8 Å². The molecule has 0 aromatic heterocycles. The number of nitrogens with zero attached hydrogens (tertiary/aromatic N) is 2. The molecule has 20 heavy (non-hydrogen) atoms. The summed E-state index contributed by atoms with van der Waals surface area (Å²) in [6.07, 6.45) is 4.55. The van der Waals surface area contributed by atoms with E-state index in [1.807, 2.05) is 0 Å². The lowest BCUT2D eigenvalue weighted by Crippen LogP contribution is -2.31.